The molecule has 2 aromatic carbocycles. The van der Waals surface area contributed by atoms with E-state index in [1.807, 2.05) is 48.8 Å². The summed E-state index contributed by atoms with van der Waals surface area (Å²) in [6, 6.07) is 16.3. The van der Waals surface area contributed by atoms with E-state index < -0.39 is 0 Å². The first-order valence-corrected chi connectivity index (χ1v) is 9.91. The number of carbonyl (C=O) groups excluding carboxylic acids is 1. The summed E-state index contributed by atoms with van der Waals surface area (Å²) < 4.78 is 0. The number of hydrogen-bond acceptors (Lipinski definition) is 3. The van der Waals surface area contributed by atoms with Crippen LogP contribution in [0.1, 0.15) is 30.4 Å². The van der Waals surface area contributed by atoms with Crippen molar-refractivity contribution >= 4 is 39.5 Å². The van der Waals surface area contributed by atoms with E-state index in [4.69, 9.17) is 0 Å². The van der Waals surface area contributed by atoms with Crippen molar-refractivity contribution < 1.29 is 4.79 Å². The third-order valence-electron chi connectivity index (χ3n) is 5.56. The van der Waals surface area contributed by atoms with Crippen LogP contribution in [-0.2, 0) is 4.79 Å². The third-order valence-corrected chi connectivity index (χ3v) is 5.56. The van der Waals surface area contributed by atoms with Crippen LogP contribution in [0, 0.1) is 0 Å². The van der Waals surface area contributed by atoms with Gasteiger partial charge in [0.05, 0.1) is 0 Å². The van der Waals surface area contributed by atoms with Crippen LogP contribution in [0.5, 0.6) is 0 Å². The fraction of sp³-hybridized carbons (Fsp3) is 0.115. The Hall–Kier alpha value is -3.59. The second-order valence-electron chi connectivity index (χ2n) is 7.41. The van der Waals surface area contributed by atoms with E-state index in [0.29, 0.717) is 0 Å². The van der Waals surface area contributed by atoms with Gasteiger partial charge in [-0.15, -0.1) is 0 Å². The average Bonchev–Trinajstić information content (AvgIpc) is 2.77. The van der Waals surface area contributed by atoms with Crippen molar-refractivity contribution in [3.8, 4) is 0 Å². The van der Waals surface area contributed by atoms with Crippen molar-refractivity contribution in [1.82, 2.24) is 9.97 Å². The van der Waals surface area contributed by atoms with Crippen molar-refractivity contribution in [3.05, 3.63) is 95.6 Å². The number of Topliss-reactive ketones (excluding diaryl/α,β-unsaturated/α-hetero) is 1. The van der Waals surface area contributed by atoms with Gasteiger partial charge in [0.1, 0.15) is 0 Å². The minimum Gasteiger partial charge on any atom is -0.289 e. The molecule has 0 spiro atoms. The van der Waals surface area contributed by atoms with Gasteiger partial charge >= 0.3 is 0 Å². The number of nitrogens with zero attached hydrogens (tertiary/aromatic N) is 2. The summed E-state index contributed by atoms with van der Waals surface area (Å²) >= 11 is 0. The molecule has 0 bridgehead atoms. The smallest absolute Gasteiger partial charge is 0.185 e. The lowest BCUT2D eigenvalue weighted by Gasteiger charge is -2.17. The van der Waals surface area contributed by atoms with Crippen LogP contribution in [0.4, 0.5) is 0 Å². The number of carbonyl (C=O) groups is 1. The lowest BCUT2D eigenvalue weighted by atomic mass is 9.86. The maximum absolute atomic E-state index is 13.2. The van der Waals surface area contributed by atoms with E-state index in [9.17, 15) is 4.79 Å². The number of benzene rings is 2. The fourth-order valence-corrected chi connectivity index (χ4v) is 4.10. The van der Waals surface area contributed by atoms with Crippen LogP contribution in [0.15, 0.2) is 84.5 Å². The summed E-state index contributed by atoms with van der Waals surface area (Å²) in [5, 5.41) is 4.43. The molecule has 3 nitrogen and oxygen atoms in total. The minimum atomic E-state index is 0.161. The molecule has 0 N–H and O–H groups in total. The maximum atomic E-state index is 13.2. The summed E-state index contributed by atoms with van der Waals surface area (Å²) in [5.41, 5.74) is 3.92. The van der Waals surface area contributed by atoms with E-state index in [1.54, 1.807) is 12.4 Å². The maximum Gasteiger partial charge on any atom is 0.185 e. The second kappa shape index (κ2) is 7.44. The molecule has 0 saturated heterocycles. The molecule has 1 aliphatic rings. The number of ketones is 1. The van der Waals surface area contributed by atoms with E-state index in [-0.39, 0.29) is 5.78 Å². The van der Waals surface area contributed by atoms with Crippen molar-refractivity contribution in [2.45, 2.75) is 19.3 Å². The molecule has 3 heteroatoms. The lowest BCUT2D eigenvalue weighted by Crippen LogP contribution is -2.12. The predicted molar refractivity (Wildman–Crippen MR) is 118 cm³/mol. The van der Waals surface area contributed by atoms with Gasteiger partial charge < -0.3 is 0 Å². The SMILES string of the molecule is O=C1/C(=C/c2cccc3cnccc23)CCC/C1=C\c1cccc2cnccc12. The van der Waals surface area contributed by atoms with Gasteiger partial charge in [0.15, 0.2) is 5.78 Å². The first kappa shape index (κ1) is 17.5. The molecule has 4 aromatic rings. The highest BCUT2D eigenvalue weighted by Gasteiger charge is 2.21. The van der Waals surface area contributed by atoms with Gasteiger partial charge in [-0.05, 0) is 65.4 Å². The van der Waals surface area contributed by atoms with Crippen molar-refractivity contribution in [3.63, 3.8) is 0 Å². The Morgan fingerprint density at radius 1 is 0.690 bits per heavy atom. The van der Waals surface area contributed by atoms with Crippen LogP contribution in [0.2, 0.25) is 0 Å². The van der Waals surface area contributed by atoms with Gasteiger partial charge in [-0.2, -0.15) is 0 Å². The van der Waals surface area contributed by atoms with Crippen molar-refractivity contribution in [2.24, 2.45) is 0 Å². The molecular formula is C26H20N2O. The lowest BCUT2D eigenvalue weighted by molar-refractivity contribution is -0.112. The largest absolute Gasteiger partial charge is 0.289 e. The zero-order chi connectivity index (χ0) is 19.6. The molecule has 0 atom stereocenters. The molecule has 2 aromatic heterocycles. The summed E-state index contributed by atoms with van der Waals surface area (Å²) in [5.74, 6) is 0.161. The number of fused-ring (bicyclic) bond motifs is 2. The Labute approximate surface area is 169 Å². The van der Waals surface area contributed by atoms with Gasteiger partial charge in [-0.25, -0.2) is 0 Å². The Kier molecular flexibility index (Phi) is 4.49. The summed E-state index contributed by atoms with van der Waals surface area (Å²) in [7, 11) is 0. The van der Waals surface area contributed by atoms with Crippen LogP contribution < -0.4 is 0 Å². The van der Waals surface area contributed by atoms with Crippen molar-refractivity contribution in [1.29, 1.82) is 0 Å². The highest BCUT2D eigenvalue weighted by Crippen LogP contribution is 2.31. The molecule has 29 heavy (non-hydrogen) atoms. The fourth-order valence-electron chi connectivity index (χ4n) is 4.10. The molecule has 1 fully saturated rings. The van der Waals surface area contributed by atoms with E-state index in [2.05, 4.69) is 34.3 Å². The molecule has 1 saturated carbocycles. The van der Waals surface area contributed by atoms with Crippen LogP contribution >= 0.6 is 0 Å². The topological polar surface area (TPSA) is 42.9 Å². The molecule has 0 radical (unpaired) electrons. The normalized spacial score (nSPS) is 17.4. The van der Waals surface area contributed by atoms with E-state index in [1.165, 1.54) is 0 Å². The predicted octanol–water partition coefficient (Wildman–Crippen LogP) is 6.00. The Balaban J connectivity index is 1.55. The van der Waals surface area contributed by atoms with Gasteiger partial charge in [0.25, 0.3) is 0 Å². The molecule has 2 heterocycles. The van der Waals surface area contributed by atoms with Gasteiger partial charge in [0, 0.05) is 46.7 Å². The second-order valence-corrected chi connectivity index (χ2v) is 7.41. The molecular weight excluding hydrogens is 356 g/mol. The Morgan fingerprint density at radius 2 is 1.21 bits per heavy atom. The first-order valence-electron chi connectivity index (χ1n) is 9.91. The molecule has 0 aliphatic heterocycles. The molecule has 5 rings (SSSR count). The minimum absolute atomic E-state index is 0.161. The highest BCUT2D eigenvalue weighted by molar-refractivity contribution is 6.15. The number of hydrogen-bond donors (Lipinski definition) is 0. The van der Waals surface area contributed by atoms with Gasteiger partial charge in [-0.1, -0.05) is 36.4 Å². The zero-order valence-corrected chi connectivity index (χ0v) is 16.0. The Morgan fingerprint density at radius 3 is 1.72 bits per heavy atom. The molecule has 1 aliphatic carbocycles. The number of allylic oxidation sites excluding steroid dienone is 2. The Bertz CT molecular complexity index is 1190. The van der Waals surface area contributed by atoms with E-state index in [0.717, 1.165) is 63.1 Å². The van der Waals surface area contributed by atoms with Gasteiger partial charge in [0.2, 0.25) is 0 Å². The monoisotopic (exact) mass is 376 g/mol. The highest BCUT2D eigenvalue weighted by atomic mass is 16.1. The number of rotatable bonds is 2. The quantitative estimate of drug-likeness (QED) is 0.403. The third kappa shape index (κ3) is 3.36. The van der Waals surface area contributed by atoms with Crippen LogP contribution in [-0.4, -0.2) is 15.8 Å². The summed E-state index contributed by atoms with van der Waals surface area (Å²) in [4.78, 5) is 21.6. The summed E-state index contributed by atoms with van der Waals surface area (Å²) in [6.45, 7) is 0. The van der Waals surface area contributed by atoms with Crippen molar-refractivity contribution in [2.75, 3.05) is 0 Å². The number of pyridine rings is 2. The summed E-state index contributed by atoms with van der Waals surface area (Å²) in [6.07, 6.45) is 14.1. The molecule has 0 unspecified atom stereocenters. The van der Waals surface area contributed by atoms with E-state index >= 15 is 0 Å². The number of aromatic nitrogens is 2. The average molecular weight is 376 g/mol. The van der Waals surface area contributed by atoms with Gasteiger partial charge in [-0.3, -0.25) is 14.8 Å². The zero-order valence-electron chi connectivity index (χ0n) is 16.0. The molecule has 0 amide bonds. The van der Waals surface area contributed by atoms with Crippen LogP contribution in [0.25, 0.3) is 33.7 Å². The standard InChI is InChI=1S/C26H20N2O/c29-26-20(14-18-4-1-8-22-16-27-12-10-24(18)22)6-3-7-21(26)15-19-5-2-9-23-17-28-13-11-25(19)23/h1-2,4-5,8-17H,3,6-7H2/b20-14+,21-15+. The molecule has 140 valence electrons. The first-order chi connectivity index (χ1) is 14.3. The van der Waals surface area contributed by atoms with Crippen LogP contribution in [0.3, 0.4) is 0 Å².